The van der Waals surface area contributed by atoms with Gasteiger partial charge in [0.2, 0.25) is 0 Å². The maximum Gasteiger partial charge on any atom is 0.268 e. The molecule has 3 rings (SSSR count). The minimum Gasteiger partial charge on any atom is -0.497 e. The lowest BCUT2D eigenvalue weighted by Crippen LogP contribution is -2.22. The number of carbonyl (C=O) groups is 1. The van der Waals surface area contributed by atoms with Crippen LogP contribution in [-0.4, -0.2) is 50.3 Å². The third-order valence-corrected chi connectivity index (χ3v) is 6.92. The number of fused-ring (bicyclic) bond motifs is 1. The summed E-state index contributed by atoms with van der Waals surface area (Å²) in [5.74, 6) is 0.492. The van der Waals surface area contributed by atoms with E-state index in [1.807, 2.05) is 18.0 Å². The van der Waals surface area contributed by atoms with Crippen molar-refractivity contribution in [3.63, 3.8) is 0 Å². The zero-order valence-electron chi connectivity index (χ0n) is 17.5. The van der Waals surface area contributed by atoms with Crippen LogP contribution < -0.4 is 4.74 Å². The molecule has 0 atom stereocenters. The lowest BCUT2D eigenvalue weighted by atomic mass is 10.0. The molecule has 0 aliphatic heterocycles. The quantitative estimate of drug-likeness (QED) is 0.384. The summed E-state index contributed by atoms with van der Waals surface area (Å²) in [6.07, 6.45) is 2.07. The molecular weight excluding hydrogens is 400 g/mol. The smallest absolute Gasteiger partial charge is 0.268 e. The van der Waals surface area contributed by atoms with Crippen LogP contribution >= 0.6 is 0 Å². The minimum atomic E-state index is -3.89. The average Bonchev–Trinajstić information content (AvgIpc) is 3.04. The molecule has 0 fully saturated rings. The SMILES string of the molecule is C=CCN(C)CCC(=O)c1c(C)n(S(=O)(=O)c2ccc(OC)cc2)c2ccccc12. The molecule has 0 amide bonds. The van der Waals surface area contributed by atoms with Crippen molar-refractivity contribution in [3.8, 4) is 5.75 Å². The number of rotatable bonds is 9. The number of benzene rings is 2. The molecule has 6 nitrogen and oxygen atoms in total. The van der Waals surface area contributed by atoms with Gasteiger partial charge in [-0.1, -0.05) is 24.3 Å². The first kappa shape index (κ1) is 21.8. The summed E-state index contributed by atoms with van der Waals surface area (Å²) in [7, 11) is -0.447. The number of ether oxygens (including phenoxy) is 1. The van der Waals surface area contributed by atoms with Gasteiger partial charge in [-0.25, -0.2) is 12.4 Å². The molecule has 0 saturated heterocycles. The maximum absolute atomic E-state index is 13.4. The summed E-state index contributed by atoms with van der Waals surface area (Å²) in [5, 5.41) is 0.642. The molecule has 3 aromatic rings. The summed E-state index contributed by atoms with van der Waals surface area (Å²) >= 11 is 0. The van der Waals surface area contributed by atoms with Crippen molar-refractivity contribution in [2.24, 2.45) is 0 Å². The van der Waals surface area contributed by atoms with Crippen LogP contribution in [0.5, 0.6) is 5.75 Å². The van der Waals surface area contributed by atoms with E-state index in [2.05, 4.69) is 6.58 Å². The van der Waals surface area contributed by atoms with Crippen LogP contribution in [0.3, 0.4) is 0 Å². The summed E-state index contributed by atoms with van der Waals surface area (Å²) in [6.45, 7) is 6.63. The highest BCUT2D eigenvalue weighted by Crippen LogP contribution is 2.31. The highest BCUT2D eigenvalue weighted by molar-refractivity contribution is 7.90. The normalized spacial score (nSPS) is 11.7. The minimum absolute atomic E-state index is 0.0803. The predicted octanol–water partition coefficient (Wildman–Crippen LogP) is 3.89. The predicted molar refractivity (Wildman–Crippen MR) is 119 cm³/mol. The second-order valence-corrected chi connectivity index (χ2v) is 8.93. The third-order valence-electron chi connectivity index (χ3n) is 5.10. The molecule has 1 heterocycles. The van der Waals surface area contributed by atoms with Gasteiger partial charge in [-0.3, -0.25) is 4.79 Å². The molecule has 0 radical (unpaired) electrons. The molecule has 0 N–H and O–H groups in total. The zero-order chi connectivity index (χ0) is 21.9. The molecule has 2 aromatic carbocycles. The van der Waals surface area contributed by atoms with Crippen LogP contribution in [0.1, 0.15) is 22.5 Å². The van der Waals surface area contributed by atoms with Crippen molar-refractivity contribution in [1.29, 1.82) is 0 Å². The Labute approximate surface area is 177 Å². The molecular formula is C23H26N2O4S. The fourth-order valence-electron chi connectivity index (χ4n) is 3.58. The standard InChI is InChI=1S/C23H26N2O4S/c1-5-15-24(3)16-14-22(26)23-17(2)25(21-9-7-6-8-20(21)23)30(27,28)19-12-10-18(29-4)11-13-19/h5-13H,1,14-16H2,2-4H3. The molecule has 0 bridgehead atoms. The van der Waals surface area contributed by atoms with Crippen LogP contribution in [-0.2, 0) is 10.0 Å². The Bertz CT molecular complexity index is 1180. The molecule has 1 aromatic heterocycles. The largest absolute Gasteiger partial charge is 0.497 e. The van der Waals surface area contributed by atoms with E-state index in [0.29, 0.717) is 47.4 Å². The number of nitrogens with zero attached hydrogens (tertiary/aromatic N) is 2. The molecule has 0 spiro atoms. The zero-order valence-corrected chi connectivity index (χ0v) is 18.3. The number of methoxy groups -OCH3 is 1. The number of hydrogen-bond donors (Lipinski definition) is 0. The Kier molecular flexibility index (Phi) is 6.43. The number of hydrogen-bond acceptors (Lipinski definition) is 5. The molecule has 0 unspecified atom stereocenters. The van der Waals surface area contributed by atoms with Crippen LogP contribution in [0.15, 0.2) is 66.1 Å². The fraction of sp³-hybridized carbons (Fsp3) is 0.261. The van der Waals surface area contributed by atoms with Crippen molar-refractivity contribution in [1.82, 2.24) is 8.87 Å². The maximum atomic E-state index is 13.4. The Morgan fingerprint density at radius 3 is 2.47 bits per heavy atom. The van der Waals surface area contributed by atoms with Crippen molar-refractivity contribution in [3.05, 3.63) is 72.4 Å². The summed E-state index contributed by atoms with van der Waals surface area (Å²) in [5.41, 5.74) is 1.37. The molecule has 0 saturated carbocycles. The number of aromatic nitrogens is 1. The van der Waals surface area contributed by atoms with E-state index >= 15 is 0 Å². The first-order valence-corrected chi connectivity index (χ1v) is 11.1. The van der Waals surface area contributed by atoms with Gasteiger partial charge in [0.15, 0.2) is 5.78 Å². The second kappa shape index (κ2) is 8.85. The van der Waals surface area contributed by atoms with Crippen LogP contribution in [0.25, 0.3) is 10.9 Å². The number of likely N-dealkylation sites (N-methyl/N-ethyl adjacent to an activating group) is 1. The monoisotopic (exact) mass is 426 g/mol. The fourth-order valence-corrected chi connectivity index (χ4v) is 5.14. The number of carbonyl (C=O) groups excluding carboxylic acids is 1. The Balaban J connectivity index is 2.09. The van der Waals surface area contributed by atoms with Crippen LogP contribution in [0.2, 0.25) is 0 Å². The summed E-state index contributed by atoms with van der Waals surface area (Å²) in [6, 6.07) is 13.3. The first-order chi connectivity index (χ1) is 14.3. The van der Waals surface area contributed by atoms with E-state index in [4.69, 9.17) is 4.74 Å². The van der Waals surface area contributed by atoms with E-state index in [0.717, 1.165) is 0 Å². The van der Waals surface area contributed by atoms with Gasteiger partial charge in [0.05, 0.1) is 17.5 Å². The van der Waals surface area contributed by atoms with Gasteiger partial charge in [0.25, 0.3) is 10.0 Å². The van der Waals surface area contributed by atoms with Gasteiger partial charge in [-0.05, 0) is 44.3 Å². The molecule has 7 heteroatoms. The van der Waals surface area contributed by atoms with Gasteiger partial charge in [-0.2, -0.15) is 0 Å². The van der Waals surface area contributed by atoms with E-state index < -0.39 is 10.0 Å². The van der Waals surface area contributed by atoms with Crippen molar-refractivity contribution in [2.75, 3.05) is 27.2 Å². The van der Waals surface area contributed by atoms with Gasteiger partial charge in [-0.15, -0.1) is 6.58 Å². The lowest BCUT2D eigenvalue weighted by Gasteiger charge is -2.13. The van der Waals surface area contributed by atoms with Crippen molar-refractivity contribution < 1.29 is 17.9 Å². The molecule has 0 aliphatic carbocycles. The van der Waals surface area contributed by atoms with Gasteiger partial charge in [0, 0.05) is 36.2 Å². The Morgan fingerprint density at radius 2 is 1.83 bits per heavy atom. The number of ketones is 1. The summed E-state index contributed by atoms with van der Waals surface area (Å²) in [4.78, 5) is 15.2. The van der Waals surface area contributed by atoms with E-state index in [1.54, 1.807) is 43.3 Å². The molecule has 0 aliphatic rings. The highest BCUT2D eigenvalue weighted by Gasteiger charge is 2.27. The van der Waals surface area contributed by atoms with E-state index in [-0.39, 0.29) is 10.7 Å². The Morgan fingerprint density at radius 1 is 1.17 bits per heavy atom. The Hall–Kier alpha value is -2.90. The average molecular weight is 427 g/mol. The molecule has 158 valence electrons. The highest BCUT2D eigenvalue weighted by atomic mass is 32.2. The van der Waals surface area contributed by atoms with Gasteiger partial charge < -0.3 is 9.64 Å². The van der Waals surface area contributed by atoms with E-state index in [1.165, 1.54) is 23.2 Å². The van der Waals surface area contributed by atoms with E-state index in [9.17, 15) is 13.2 Å². The van der Waals surface area contributed by atoms with Gasteiger partial charge in [0.1, 0.15) is 5.75 Å². The summed E-state index contributed by atoms with van der Waals surface area (Å²) < 4.78 is 33.3. The number of para-hydroxylation sites is 1. The van der Waals surface area contributed by atoms with Crippen LogP contribution in [0.4, 0.5) is 0 Å². The van der Waals surface area contributed by atoms with Crippen molar-refractivity contribution >= 4 is 26.7 Å². The number of Topliss-reactive ketones (excluding diaryl/α,β-unsaturated/α-hetero) is 1. The second-order valence-electron chi connectivity index (χ2n) is 7.15. The van der Waals surface area contributed by atoms with Gasteiger partial charge >= 0.3 is 0 Å². The van der Waals surface area contributed by atoms with Crippen LogP contribution in [0, 0.1) is 6.92 Å². The topological polar surface area (TPSA) is 68.6 Å². The van der Waals surface area contributed by atoms with Crippen molar-refractivity contribution in [2.45, 2.75) is 18.2 Å². The lowest BCUT2D eigenvalue weighted by molar-refractivity contribution is 0.0972. The first-order valence-electron chi connectivity index (χ1n) is 9.63. The molecule has 30 heavy (non-hydrogen) atoms. The third kappa shape index (κ3) is 4.04.